The molecule has 6 heteroatoms. The van der Waals surface area contributed by atoms with Crippen LogP contribution in [0, 0.1) is 17.0 Å². The third kappa shape index (κ3) is 3.16. The van der Waals surface area contributed by atoms with Gasteiger partial charge in [0.1, 0.15) is 5.69 Å². The van der Waals surface area contributed by atoms with Gasteiger partial charge in [-0.15, -0.1) is 0 Å². The standard InChI is InChI=1S/C22H18N3O3/c1-16-7-2-4-11-23(16)15-21(26)22-20(14-18-9-3-5-12-24(18)22)17-8-6-10-19(13-17)25(27)28/h2-14H,15H2,1H3/q+1. The first-order chi connectivity index (χ1) is 13.5. The van der Waals surface area contributed by atoms with Gasteiger partial charge < -0.3 is 4.40 Å². The average molecular weight is 372 g/mol. The smallest absolute Gasteiger partial charge is 0.270 e. The molecule has 4 aromatic rings. The van der Waals surface area contributed by atoms with Crippen molar-refractivity contribution in [2.75, 3.05) is 0 Å². The molecule has 0 saturated carbocycles. The first kappa shape index (κ1) is 17.6. The van der Waals surface area contributed by atoms with E-state index in [1.807, 2.05) is 70.7 Å². The highest BCUT2D eigenvalue weighted by Crippen LogP contribution is 2.30. The monoisotopic (exact) mass is 372 g/mol. The maximum atomic E-state index is 13.3. The second-order valence-corrected chi connectivity index (χ2v) is 6.60. The molecule has 28 heavy (non-hydrogen) atoms. The molecule has 3 heterocycles. The molecule has 0 radical (unpaired) electrons. The topological polar surface area (TPSA) is 68.5 Å². The van der Waals surface area contributed by atoms with Crippen molar-refractivity contribution in [3.05, 3.63) is 101 Å². The molecule has 1 aromatic carbocycles. The summed E-state index contributed by atoms with van der Waals surface area (Å²) < 4.78 is 3.73. The minimum Gasteiger partial charge on any atom is -0.313 e. The first-order valence-electron chi connectivity index (χ1n) is 8.88. The number of carbonyl (C=O) groups excluding carboxylic acids is 1. The number of aromatic nitrogens is 2. The zero-order chi connectivity index (χ0) is 19.7. The number of nitrogens with zero attached hydrogens (tertiary/aromatic N) is 3. The zero-order valence-corrected chi connectivity index (χ0v) is 15.3. The Hall–Kier alpha value is -3.80. The molecule has 0 spiro atoms. The van der Waals surface area contributed by atoms with Gasteiger partial charge in [-0.05, 0) is 23.8 Å². The molecule has 0 aliphatic rings. The summed E-state index contributed by atoms with van der Waals surface area (Å²) in [5, 5.41) is 11.2. The fourth-order valence-electron chi connectivity index (χ4n) is 3.38. The van der Waals surface area contributed by atoms with Crippen LogP contribution in [0.3, 0.4) is 0 Å². The molecule has 4 rings (SSSR count). The van der Waals surface area contributed by atoms with Crippen molar-refractivity contribution in [3.63, 3.8) is 0 Å². The average Bonchev–Trinajstić information content (AvgIpc) is 3.09. The van der Waals surface area contributed by atoms with Crippen LogP contribution in [0.25, 0.3) is 16.6 Å². The summed E-state index contributed by atoms with van der Waals surface area (Å²) in [5.41, 5.74) is 3.70. The number of benzene rings is 1. The molecule has 0 amide bonds. The summed E-state index contributed by atoms with van der Waals surface area (Å²) in [6.07, 6.45) is 3.71. The van der Waals surface area contributed by atoms with E-state index in [0.717, 1.165) is 11.2 Å². The Morgan fingerprint density at radius 1 is 1.07 bits per heavy atom. The van der Waals surface area contributed by atoms with Crippen molar-refractivity contribution in [2.24, 2.45) is 0 Å². The quantitative estimate of drug-likeness (QED) is 0.230. The van der Waals surface area contributed by atoms with Crippen LogP contribution in [-0.4, -0.2) is 15.1 Å². The van der Waals surface area contributed by atoms with Crippen molar-refractivity contribution < 1.29 is 14.3 Å². The van der Waals surface area contributed by atoms with Crippen LogP contribution in [0.5, 0.6) is 0 Å². The summed E-state index contributed by atoms with van der Waals surface area (Å²) in [4.78, 5) is 24.0. The number of non-ortho nitro benzene ring substituents is 1. The predicted octanol–water partition coefficient (Wildman–Crippen LogP) is 3.99. The second kappa shape index (κ2) is 7.08. The fraction of sp³-hybridized carbons (Fsp3) is 0.0909. The highest BCUT2D eigenvalue weighted by Gasteiger charge is 2.23. The third-order valence-corrected chi connectivity index (χ3v) is 4.79. The maximum absolute atomic E-state index is 13.3. The van der Waals surface area contributed by atoms with E-state index in [1.54, 1.807) is 12.1 Å². The number of Topliss-reactive ketones (excluding diaryl/α,β-unsaturated/α-hetero) is 1. The van der Waals surface area contributed by atoms with E-state index < -0.39 is 4.92 Å². The van der Waals surface area contributed by atoms with Gasteiger partial charge in [0.05, 0.1) is 4.92 Å². The van der Waals surface area contributed by atoms with Crippen LogP contribution in [0.15, 0.2) is 79.1 Å². The number of carbonyl (C=O) groups is 1. The molecule has 0 aliphatic carbocycles. The van der Waals surface area contributed by atoms with E-state index in [4.69, 9.17) is 0 Å². The number of aryl methyl sites for hydroxylation is 1. The van der Waals surface area contributed by atoms with E-state index in [1.165, 1.54) is 12.1 Å². The van der Waals surface area contributed by atoms with Crippen LogP contribution < -0.4 is 4.57 Å². The molecule has 0 unspecified atom stereocenters. The minimum atomic E-state index is -0.427. The number of fused-ring (bicyclic) bond motifs is 1. The van der Waals surface area contributed by atoms with Crippen LogP contribution in [-0.2, 0) is 6.54 Å². The molecule has 3 aromatic heterocycles. The molecule has 0 saturated heterocycles. The van der Waals surface area contributed by atoms with E-state index in [-0.39, 0.29) is 18.0 Å². The molecule has 0 atom stereocenters. The summed E-state index contributed by atoms with van der Waals surface area (Å²) in [5.74, 6) is -0.0630. The number of nitro groups is 1. The van der Waals surface area contributed by atoms with Crippen molar-refractivity contribution in [3.8, 4) is 11.1 Å². The van der Waals surface area contributed by atoms with Crippen LogP contribution >= 0.6 is 0 Å². The molecule has 0 aliphatic heterocycles. The van der Waals surface area contributed by atoms with Gasteiger partial charge in [0.15, 0.2) is 11.9 Å². The Morgan fingerprint density at radius 2 is 1.89 bits per heavy atom. The molecule has 0 N–H and O–H groups in total. The molecule has 6 nitrogen and oxygen atoms in total. The van der Waals surface area contributed by atoms with Gasteiger partial charge in [0.25, 0.3) is 5.69 Å². The van der Waals surface area contributed by atoms with E-state index in [0.29, 0.717) is 16.8 Å². The summed E-state index contributed by atoms with van der Waals surface area (Å²) in [6, 6.07) is 19.7. The van der Waals surface area contributed by atoms with Crippen LogP contribution in [0.4, 0.5) is 5.69 Å². The Bertz CT molecular complexity index is 1210. The Labute approximate surface area is 161 Å². The number of nitro benzene ring substituents is 1. The predicted molar refractivity (Wildman–Crippen MR) is 105 cm³/mol. The molecule has 0 bridgehead atoms. The van der Waals surface area contributed by atoms with Gasteiger partial charge in [-0.1, -0.05) is 24.3 Å². The lowest BCUT2D eigenvalue weighted by Gasteiger charge is -2.06. The Morgan fingerprint density at radius 3 is 2.68 bits per heavy atom. The first-order valence-corrected chi connectivity index (χ1v) is 8.88. The molecular weight excluding hydrogens is 354 g/mol. The van der Waals surface area contributed by atoms with Crippen LogP contribution in [0.2, 0.25) is 0 Å². The number of rotatable bonds is 5. The minimum absolute atomic E-state index is 0.000524. The van der Waals surface area contributed by atoms with Crippen molar-refractivity contribution in [1.82, 2.24) is 4.40 Å². The lowest BCUT2D eigenvalue weighted by molar-refractivity contribution is -0.689. The van der Waals surface area contributed by atoms with Crippen molar-refractivity contribution >= 4 is 17.0 Å². The normalized spacial score (nSPS) is 10.9. The molecule has 0 fully saturated rings. The summed E-state index contributed by atoms with van der Waals surface area (Å²) in [6.45, 7) is 2.14. The Kier molecular flexibility index (Phi) is 4.45. The maximum Gasteiger partial charge on any atom is 0.270 e. The van der Waals surface area contributed by atoms with Gasteiger partial charge in [0.2, 0.25) is 12.3 Å². The SMILES string of the molecule is Cc1cccc[n+]1CC(=O)c1c(-c2cccc([N+](=O)[O-])c2)cc2ccccn12. The molecule has 138 valence electrons. The summed E-state index contributed by atoms with van der Waals surface area (Å²) >= 11 is 0. The van der Waals surface area contributed by atoms with Gasteiger partial charge >= 0.3 is 0 Å². The highest BCUT2D eigenvalue weighted by atomic mass is 16.6. The number of hydrogen-bond donors (Lipinski definition) is 0. The molecular formula is C22H18N3O3+. The van der Waals surface area contributed by atoms with E-state index >= 15 is 0 Å². The van der Waals surface area contributed by atoms with Gasteiger partial charge in [-0.2, -0.15) is 4.57 Å². The lowest BCUT2D eigenvalue weighted by atomic mass is 10.0. The van der Waals surface area contributed by atoms with Gasteiger partial charge in [-0.25, -0.2) is 0 Å². The van der Waals surface area contributed by atoms with Crippen molar-refractivity contribution in [2.45, 2.75) is 13.5 Å². The summed E-state index contributed by atoms with van der Waals surface area (Å²) in [7, 11) is 0. The number of hydrogen-bond acceptors (Lipinski definition) is 3. The number of ketones is 1. The second-order valence-electron chi connectivity index (χ2n) is 6.60. The number of pyridine rings is 2. The van der Waals surface area contributed by atoms with E-state index in [2.05, 4.69) is 0 Å². The highest BCUT2D eigenvalue weighted by molar-refractivity contribution is 6.02. The zero-order valence-electron chi connectivity index (χ0n) is 15.3. The van der Waals surface area contributed by atoms with Gasteiger partial charge in [-0.3, -0.25) is 14.9 Å². The largest absolute Gasteiger partial charge is 0.313 e. The van der Waals surface area contributed by atoms with Crippen LogP contribution in [0.1, 0.15) is 16.2 Å². The van der Waals surface area contributed by atoms with Crippen molar-refractivity contribution in [1.29, 1.82) is 0 Å². The van der Waals surface area contributed by atoms with E-state index in [9.17, 15) is 14.9 Å². The lowest BCUT2D eigenvalue weighted by Crippen LogP contribution is -2.40. The fourth-order valence-corrected chi connectivity index (χ4v) is 3.38. The Balaban J connectivity index is 1.86. The third-order valence-electron chi connectivity index (χ3n) is 4.79. The van der Waals surface area contributed by atoms with Gasteiger partial charge in [0, 0.05) is 48.5 Å².